The fourth-order valence-electron chi connectivity index (χ4n) is 0.676. The van der Waals surface area contributed by atoms with E-state index in [2.05, 4.69) is 11.9 Å². The smallest absolute Gasteiger partial charge is 0.154 e. The van der Waals surface area contributed by atoms with Gasteiger partial charge in [-0.25, -0.2) is 0 Å². The van der Waals surface area contributed by atoms with Crippen LogP contribution in [0.2, 0.25) is 0 Å². The van der Waals surface area contributed by atoms with Crippen LogP contribution in [0.1, 0.15) is 20.8 Å². The highest BCUT2D eigenvalue weighted by Gasteiger charge is 2.13. The number of ether oxygens (including phenoxy) is 1. The summed E-state index contributed by atoms with van der Waals surface area (Å²) in [7, 11) is 0. The van der Waals surface area contributed by atoms with Crippen molar-refractivity contribution in [3.8, 4) is 0 Å². The zero-order valence-electron chi connectivity index (χ0n) is 6.40. The van der Waals surface area contributed by atoms with Crippen LogP contribution in [-0.4, -0.2) is 12.3 Å². The van der Waals surface area contributed by atoms with Gasteiger partial charge in [0.05, 0.1) is 6.26 Å². The Morgan fingerprint density at radius 1 is 1.67 bits per heavy atom. The van der Waals surface area contributed by atoms with E-state index in [1.165, 1.54) is 6.26 Å². The summed E-state index contributed by atoms with van der Waals surface area (Å²) in [4.78, 5) is 0. The van der Waals surface area contributed by atoms with Crippen LogP contribution in [0.4, 0.5) is 0 Å². The van der Waals surface area contributed by atoms with Crippen LogP contribution in [-0.2, 0) is 4.74 Å². The van der Waals surface area contributed by atoms with Crippen molar-refractivity contribution in [3.63, 3.8) is 0 Å². The van der Waals surface area contributed by atoms with Gasteiger partial charge in [0.2, 0.25) is 0 Å². The first-order chi connectivity index (χ1) is 4.12. The third-order valence-corrected chi connectivity index (χ3v) is 0.980. The van der Waals surface area contributed by atoms with Gasteiger partial charge in [-0.3, -0.25) is 5.32 Å². The van der Waals surface area contributed by atoms with E-state index in [1.807, 2.05) is 20.8 Å². The molecular formula is C7H15NO. The molecule has 0 bridgehead atoms. The first-order valence-corrected chi connectivity index (χ1v) is 3.16. The van der Waals surface area contributed by atoms with Gasteiger partial charge in [-0.2, -0.15) is 0 Å². The summed E-state index contributed by atoms with van der Waals surface area (Å²) in [6.07, 6.45) is 1.45. The number of nitrogens with one attached hydrogen (secondary N) is 1. The van der Waals surface area contributed by atoms with Crippen molar-refractivity contribution in [2.75, 3.05) is 6.54 Å². The number of rotatable bonds is 4. The van der Waals surface area contributed by atoms with Crippen LogP contribution in [0, 0.1) is 0 Å². The van der Waals surface area contributed by atoms with Gasteiger partial charge in [-0.05, 0) is 20.4 Å². The lowest BCUT2D eigenvalue weighted by Crippen LogP contribution is -2.40. The second-order valence-corrected chi connectivity index (χ2v) is 2.33. The first kappa shape index (κ1) is 8.50. The maximum Gasteiger partial charge on any atom is 0.154 e. The first-order valence-electron chi connectivity index (χ1n) is 3.16. The quantitative estimate of drug-likeness (QED) is 0.458. The molecule has 0 aliphatic carbocycles. The van der Waals surface area contributed by atoms with Gasteiger partial charge in [0, 0.05) is 0 Å². The Morgan fingerprint density at radius 3 is 2.56 bits per heavy atom. The lowest BCUT2D eigenvalue weighted by atomic mass is 10.3. The lowest BCUT2D eigenvalue weighted by molar-refractivity contribution is 0.0271. The summed E-state index contributed by atoms with van der Waals surface area (Å²) in [5.41, 5.74) is -0.267. The van der Waals surface area contributed by atoms with Crippen LogP contribution in [0.15, 0.2) is 12.8 Å². The highest BCUT2D eigenvalue weighted by Crippen LogP contribution is 2.02. The molecule has 0 radical (unpaired) electrons. The molecule has 0 aromatic rings. The molecule has 0 saturated heterocycles. The molecule has 0 heterocycles. The minimum atomic E-state index is -0.267. The molecule has 0 rings (SSSR count). The third-order valence-electron chi connectivity index (χ3n) is 0.980. The molecule has 0 saturated carbocycles. The fraction of sp³-hybridized carbons (Fsp3) is 0.714. The van der Waals surface area contributed by atoms with E-state index in [-0.39, 0.29) is 5.72 Å². The molecule has 2 heteroatoms. The molecule has 0 aliphatic rings. The van der Waals surface area contributed by atoms with E-state index in [4.69, 9.17) is 4.74 Å². The van der Waals surface area contributed by atoms with E-state index < -0.39 is 0 Å². The van der Waals surface area contributed by atoms with Crippen molar-refractivity contribution in [2.45, 2.75) is 26.5 Å². The van der Waals surface area contributed by atoms with E-state index >= 15 is 0 Å². The van der Waals surface area contributed by atoms with Crippen molar-refractivity contribution in [2.24, 2.45) is 0 Å². The molecule has 0 aliphatic heterocycles. The zero-order chi connectivity index (χ0) is 7.33. The zero-order valence-corrected chi connectivity index (χ0v) is 6.40. The Bertz CT molecular complexity index is 88.9. The van der Waals surface area contributed by atoms with E-state index in [0.717, 1.165) is 6.54 Å². The summed E-state index contributed by atoms with van der Waals surface area (Å²) in [6, 6.07) is 0. The van der Waals surface area contributed by atoms with E-state index in [9.17, 15) is 0 Å². The van der Waals surface area contributed by atoms with E-state index in [1.54, 1.807) is 0 Å². The third kappa shape index (κ3) is 4.03. The van der Waals surface area contributed by atoms with Gasteiger partial charge < -0.3 is 4.74 Å². The average Bonchev–Trinajstić information content (AvgIpc) is 1.64. The van der Waals surface area contributed by atoms with Crippen LogP contribution in [0.5, 0.6) is 0 Å². The van der Waals surface area contributed by atoms with Gasteiger partial charge in [0.15, 0.2) is 5.72 Å². The summed E-state index contributed by atoms with van der Waals surface area (Å²) < 4.78 is 5.12. The molecular weight excluding hydrogens is 114 g/mol. The topological polar surface area (TPSA) is 21.3 Å². The number of hydrogen-bond acceptors (Lipinski definition) is 2. The van der Waals surface area contributed by atoms with Gasteiger partial charge >= 0.3 is 0 Å². The van der Waals surface area contributed by atoms with Crippen molar-refractivity contribution in [1.29, 1.82) is 0 Å². The SMILES string of the molecule is C=COC(C)(C)NCC. The van der Waals surface area contributed by atoms with Gasteiger partial charge in [0.25, 0.3) is 0 Å². The summed E-state index contributed by atoms with van der Waals surface area (Å²) in [5, 5.41) is 3.13. The van der Waals surface area contributed by atoms with Crippen LogP contribution >= 0.6 is 0 Å². The summed E-state index contributed by atoms with van der Waals surface area (Å²) in [6.45, 7) is 10.3. The Balaban J connectivity index is 3.55. The highest BCUT2D eigenvalue weighted by molar-refractivity contribution is 4.67. The van der Waals surface area contributed by atoms with Gasteiger partial charge in [0.1, 0.15) is 0 Å². The van der Waals surface area contributed by atoms with Gasteiger partial charge in [-0.1, -0.05) is 13.5 Å². The number of hydrogen-bond donors (Lipinski definition) is 1. The molecule has 0 fully saturated rings. The second-order valence-electron chi connectivity index (χ2n) is 2.33. The molecule has 0 atom stereocenters. The molecule has 2 nitrogen and oxygen atoms in total. The Labute approximate surface area is 56.9 Å². The normalized spacial score (nSPS) is 11.0. The molecule has 9 heavy (non-hydrogen) atoms. The minimum absolute atomic E-state index is 0.267. The predicted molar refractivity (Wildman–Crippen MR) is 39.0 cm³/mol. The largest absolute Gasteiger partial charge is 0.482 e. The van der Waals surface area contributed by atoms with Crippen molar-refractivity contribution in [1.82, 2.24) is 5.32 Å². The average molecular weight is 129 g/mol. The van der Waals surface area contributed by atoms with Crippen molar-refractivity contribution >= 4 is 0 Å². The van der Waals surface area contributed by atoms with Crippen molar-refractivity contribution < 1.29 is 4.74 Å². The summed E-state index contributed by atoms with van der Waals surface area (Å²) in [5.74, 6) is 0. The molecule has 0 amide bonds. The Kier molecular flexibility index (Phi) is 3.32. The summed E-state index contributed by atoms with van der Waals surface area (Å²) >= 11 is 0. The van der Waals surface area contributed by atoms with Crippen LogP contribution < -0.4 is 5.32 Å². The molecule has 54 valence electrons. The Morgan fingerprint density at radius 2 is 2.22 bits per heavy atom. The standard InChI is InChI=1S/C7H15NO/c1-5-8-7(3,4)9-6-2/h6,8H,2,5H2,1,3-4H3. The lowest BCUT2D eigenvalue weighted by Gasteiger charge is -2.24. The van der Waals surface area contributed by atoms with Crippen molar-refractivity contribution in [3.05, 3.63) is 12.8 Å². The van der Waals surface area contributed by atoms with Crippen LogP contribution in [0.3, 0.4) is 0 Å². The van der Waals surface area contributed by atoms with Crippen LogP contribution in [0.25, 0.3) is 0 Å². The maximum atomic E-state index is 5.12. The second kappa shape index (κ2) is 3.51. The molecule has 0 aromatic heterocycles. The minimum Gasteiger partial charge on any atom is -0.482 e. The fourth-order valence-corrected chi connectivity index (χ4v) is 0.676. The predicted octanol–water partition coefficient (Wildman–Crippen LogP) is 1.49. The molecule has 0 spiro atoms. The van der Waals surface area contributed by atoms with Gasteiger partial charge in [-0.15, -0.1) is 0 Å². The molecule has 0 unspecified atom stereocenters. The maximum absolute atomic E-state index is 5.12. The van der Waals surface area contributed by atoms with E-state index in [0.29, 0.717) is 0 Å². The monoisotopic (exact) mass is 129 g/mol. The molecule has 0 aromatic carbocycles. The highest BCUT2D eigenvalue weighted by atomic mass is 16.5. The Hall–Kier alpha value is -0.500. The molecule has 1 N–H and O–H groups in total.